The summed E-state index contributed by atoms with van der Waals surface area (Å²) in [5, 5.41) is 12.1. The average molecular weight is 535 g/mol. The Hall–Kier alpha value is -3.06. The lowest BCUT2D eigenvalue weighted by atomic mass is 9.72. The first-order chi connectivity index (χ1) is 16.2. The fraction of sp³-hybridized carbons (Fsp3) is 0.409. The first kappa shape index (κ1) is 27.5. The maximum atomic E-state index is 15.8. The molecule has 0 saturated carbocycles. The fourth-order valence-electron chi connectivity index (χ4n) is 4.11. The van der Waals surface area contributed by atoms with E-state index in [4.69, 9.17) is 0 Å². The van der Waals surface area contributed by atoms with Gasteiger partial charge in [0.15, 0.2) is 0 Å². The van der Waals surface area contributed by atoms with Crippen molar-refractivity contribution in [2.45, 2.75) is 55.7 Å². The molecule has 1 aliphatic rings. The van der Waals surface area contributed by atoms with E-state index in [0.717, 1.165) is 0 Å². The molecular weight excluding hydrogens is 519 g/mol. The highest BCUT2D eigenvalue weighted by atomic mass is 19.4. The summed E-state index contributed by atoms with van der Waals surface area (Å²) in [5.74, 6) is -8.84. The van der Waals surface area contributed by atoms with Gasteiger partial charge in [-0.05, 0) is 54.8 Å². The number of hydrogen-bond acceptors (Lipinski definition) is 2. The Morgan fingerprint density at radius 3 is 1.72 bits per heavy atom. The van der Waals surface area contributed by atoms with Gasteiger partial charge in [-0.25, -0.2) is 13.6 Å². The Morgan fingerprint density at radius 2 is 1.31 bits per heavy atom. The predicted octanol–water partition coefficient (Wildman–Crippen LogP) is 7.67. The molecule has 0 unspecified atom stereocenters. The molecule has 2 aromatic rings. The normalized spacial score (nSPS) is 21.1. The summed E-state index contributed by atoms with van der Waals surface area (Å²) in [4.78, 5) is 11.9. The Balaban J connectivity index is 2.31. The number of benzene rings is 2. The maximum Gasteiger partial charge on any atom is 0.416 e. The van der Waals surface area contributed by atoms with Crippen LogP contribution in [0.2, 0.25) is 0 Å². The third-order valence-corrected chi connectivity index (χ3v) is 6.10. The van der Waals surface area contributed by atoms with E-state index in [1.54, 1.807) is 0 Å². The highest BCUT2D eigenvalue weighted by Gasteiger charge is 2.54. The first-order valence-corrected chi connectivity index (χ1v) is 10.1. The van der Waals surface area contributed by atoms with Crippen molar-refractivity contribution < 1.29 is 58.2 Å². The molecule has 0 spiro atoms. The third kappa shape index (κ3) is 4.94. The number of halogens is 11. The molecule has 0 bridgehead atoms. The van der Waals surface area contributed by atoms with Crippen LogP contribution in [0.15, 0.2) is 36.4 Å². The summed E-state index contributed by atoms with van der Waals surface area (Å²) in [6, 6.07) is 0.644. The highest BCUT2D eigenvalue weighted by molar-refractivity contribution is 5.85. The van der Waals surface area contributed by atoms with E-state index in [9.17, 15) is 49.4 Å². The van der Waals surface area contributed by atoms with E-state index >= 15 is 8.78 Å². The van der Waals surface area contributed by atoms with Gasteiger partial charge in [-0.2, -0.15) is 39.5 Å². The molecule has 198 valence electrons. The van der Waals surface area contributed by atoms with Crippen molar-refractivity contribution in [1.82, 2.24) is 0 Å². The SMILES string of the molecule is CC[C@@]1(C(=O)O)C[C@H](C(F)(F)c2cc(C(F)(F)F)cc(C(F)(F)F)c2)c2cc(C(F)(F)F)ccc2N1. The van der Waals surface area contributed by atoms with Gasteiger partial charge in [0, 0.05) is 11.3 Å². The van der Waals surface area contributed by atoms with Gasteiger partial charge in [0.05, 0.1) is 22.6 Å². The molecule has 36 heavy (non-hydrogen) atoms. The number of rotatable bonds is 4. The van der Waals surface area contributed by atoms with Crippen molar-refractivity contribution in [2.24, 2.45) is 0 Å². The Labute approximate surface area is 195 Å². The minimum Gasteiger partial charge on any atom is -0.480 e. The number of hydrogen-bond donors (Lipinski definition) is 2. The number of alkyl halides is 11. The molecule has 2 aromatic carbocycles. The van der Waals surface area contributed by atoms with Crippen molar-refractivity contribution in [3.8, 4) is 0 Å². The fourth-order valence-corrected chi connectivity index (χ4v) is 4.11. The summed E-state index contributed by atoms with van der Waals surface area (Å²) >= 11 is 0. The van der Waals surface area contributed by atoms with Crippen molar-refractivity contribution in [1.29, 1.82) is 0 Å². The van der Waals surface area contributed by atoms with Crippen molar-refractivity contribution in [2.75, 3.05) is 5.32 Å². The van der Waals surface area contributed by atoms with E-state index in [0.29, 0.717) is 12.1 Å². The zero-order valence-electron chi connectivity index (χ0n) is 18.0. The summed E-state index contributed by atoms with van der Waals surface area (Å²) in [7, 11) is 0. The molecule has 0 aliphatic carbocycles. The van der Waals surface area contributed by atoms with Gasteiger partial charge >= 0.3 is 24.5 Å². The van der Waals surface area contributed by atoms with Gasteiger partial charge in [-0.15, -0.1) is 0 Å². The lowest BCUT2D eigenvalue weighted by molar-refractivity contribution is -0.144. The average Bonchev–Trinajstić information content (AvgIpc) is 2.75. The summed E-state index contributed by atoms with van der Waals surface area (Å²) in [6.45, 7) is 1.26. The van der Waals surface area contributed by atoms with Crippen LogP contribution in [0.5, 0.6) is 0 Å². The van der Waals surface area contributed by atoms with Crippen LogP contribution in [-0.2, 0) is 29.2 Å². The number of fused-ring (bicyclic) bond motifs is 1. The standard InChI is InChI=1S/C22H16F11NO2/c1-2-18(17(35)36)9-15(14-8-10(20(25,26)27)3-4-16(14)34-18)19(23,24)11-5-12(21(28,29)30)7-13(6-11)22(31,32)33/h3-8,15,34H,2,9H2,1H3,(H,35,36)/t15-,18-/m0/s1. The van der Waals surface area contributed by atoms with E-state index in [1.807, 2.05) is 0 Å². The third-order valence-electron chi connectivity index (χ3n) is 6.10. The van der Waals surface area contributed by atoms with Crippen LogP contribution in [0.25, 0.3) is 0 Å². The zero-order chi connectivity index (χ0) is 27.5. The van der Waals surface area contributed by atoms with Gasteiger partial charge in [-0.1, -0.05) is 6.92 Å². The molecule has 2 atom stereocenters. The molecule has 0 aromatic heterocycles. The minimum absolute atomic E-state index is 0.223. The molecule has 3 nitrogen and oxygen atoms in total. The summed E-state index contributed by atoms with van der Waals surface area (Å²) in [5.41, 5.74) is -10.7. The molecule has 3 rings (SSSR count). The number of aliphatic carboxylic acids is 1. The number of carbonyl (C=O) groups is 1. The van der Waals surface area contributed by atoms with Crippen LogP contribution < -0.4 is 5.32 Å². The van der Waals surface area contributed by atoms with Gasteiger partial charge in [0.25, 0.3) is 5.92 Å². The van der Waals surface area contributed by atoms with Crippen LogP contribution in [0, 0.1) is 0 Å². The molecule has 0 fully saturated rings. The van der Waals surface area contributed by atoms with Gasteiger partial charge in [0.1, 0.15) is 5.54 Å². The van der Waals surface area contributed by atoms with Gasteiger partial charge in [0.2, 0.25) is 0 Å². The number of anilines is 1. The lowest BCUT2D eigenvalue weighted by Crippen LogP contribution is -2.51. The molecule has 1 heterocycles. The van der Waals surface area contributed by atoms with E-state index in [-0.39, 0.29) is 30.7 Å². The van der Waals surface area contributed by atoms with E-state index < -0.39 is 81.8 Å². The quantitative estimate of drug-likeness (QED) is 0.395. The molecule has 14 heteroatoms. The van der Waals surface area contributed by atoms with E-state index in [1.165, 1.54) is 6.92 Å². The predicted molar refractivity (Wildman–Crippen MR) is 103 cm³/mol. The van der Waals surface area contributed by atoms with Crippen LogP contribution in [0.3, 0.4) is 0 Å². The number of carboxylic acids is 1. The monoisotopic (exact) mass is 535 g/mol. The second-order valence-electron chi connectivity index (χ2n) is 8.34. The molecule has 2 N–H and O–H groups in total. The maximum absolute atomic E-state index is 15.8. The largest absolute Gasteiger partial charge is 0.480 e. The number of carboxylic acid groups (broad SMARTS) is 1. The van der Waals surface area contributed by atoms with Crippen molar-refractivity contribution in [3.05, 3.63) is 64.2 Å². The second kappa shape index (κ2) is 8.51. The molecule has 0 amide bonds. The highest BCUT2D eigenvalue weighted by Crippen LogP contribution is 2.54. The summed E-state index contributed by atoms with van der Waals surface area (Å²) in [6.07, 6.45) is -17.5. The summed E-state index contributed by atoms with van der Waals surface area (Å²) < 4.78 is 151. The smallest absolute Gasteiger partial charge is 0.416 e. The molecule has 0 saturated heterocycles. The first-order valence-electron chi connectivity index (χ1n) is 10.1. The van der Waals surface area contributed by atoms with E-state index in [2.05, 4.69) is 5.32 Å². The molecule has 0 radical (unpaired) electrons. The number of nitrogens with one attached hydrogen (secondary N) is 1. The topological polar surface area (TPSA) is 49.3 Å². The van der Waals surface area contributed by atoms with Crippen LogP contribution in [-0.4, -0.2) is 16.6 Å². The minimum atomic E-state index is -5.46. The second-order valence-corrected chi connectivity index (χ2v) is 8.34. The molecular formula is C22H16F11NO2. The Morgan fingerprint density at radius 1 is 0.833 bits per heavy atom. The lowest BCUT2D eigenvalue weighted by Gasteiger charge is -2.43. The molecule has 1 aliphatic heterocycles. The van der Waals surface area contributed by atoms with Crippen LogP contribution >= 0.6 is 0 Å². The van der Waals surface area contributed by atoms with Gasteiger partial charge in [-0.3, -0.25) is 0 Å². The van der Waals surface area contributed by atoms with Crippen molar-refractivity contribution in [3.63, 3.8) is 0 Å². The zero-order valence-corrected chi connectivity index (χ0v) is 18.0. The van der Waals surface area contributed by atoms with Crippen molar-refractivity contribution >= 4 is 11.7 Å². The van der Waals surface area contributed by atoms with Crippen LogP contribution in [0.1, 0.15) is 53.5 Å². The Bertz CT molecular complexity index is 1140. The van der Waals surface area contributed by atoms with Gasteiger partial charge < -0.3 is 10.4 Å². The Kier molecular flexibility index (Phi) is 6.51. The van der Waals surface area contributed by atoms with Crippen LogP contribution in [0.4, 0.5) is 54.0 Å².